The summed E-state index contributed by atoms with van der Waals surface area (Å²) >= 11 is 0. The van der Waals surface area contributed by atoms with Crippen LogP contribution in [0.2, 0.25) is 19.1 Å². The van der Waals surface area contributed by atoms with Crippen LogP contribution < -0.4 is 0 Å². The van der Waals surface area contributed by atoms with E-state index in [1.54, 1.807) is 6.42 Å². The van der Waals surface area contributed by atoms with Gasteiger partial charge in [0.2, 0.25) is 0 Å². The van der Waals surface area contributed by atoms with Crippen molar-refractivity contribution in [2.45, 2.75) is 249 Å². The minimum absolute atomic E-state index is 0.0474. The molecule has 13 aromatic rings. The van der Waals surface area contributed by atoms with Gasteiger partial charge in [0.15, 0.2) is 8.32 Å². The van der Waals surface area contributed by atoms with Gasteiger partial charge in [-0.15, -0.1) is 0 Å². The first-order chi connectivity index (χ1) is 56.5. The van der Waals surface area contributed by atoms with Crippen molar-refractivity contribution >= 4 is 8.32 Å². The first-order valence-corrected chi connectivity index (χ1v) is 47.1. The van der Waals surface area contributed by atoms with Crippen molar-refractivity contribution in [1.82, 2.24) is 9.97 Å². The van der Waals surface area contributed by atoms with E-state index in [1.807, 2.05) is 20.0 Å². The third-order valence-corrected chi connectivity index (χ3v) is 27.1. The largest absolute Gasteiger partial charge is 0.413 e. The molecule has 2 aliphatic carbocycles. The van der Waals surface area contributed by atoms with Gasteiger partial charge in [0, 0.05) is 28.9 Å². The number of hydrogen-bond acceptors (Lipinski definition) is 1. The highest BCUT2D eigenvalue weighted by Gasteiger charge is 2.42. The Kier molecular flexibility index (Phi) is 38.7. The van der Waals surface area contributed by atoms with Gasteiger partial charge < -0.3 is 14.4 Å². The van der Waals surface area contributed by atoms with E-state index in [0.29, 0.717) is 0 Å². The standard InChI is InChI=1S/C29H28.3C15H16.C12H18.C9H16.C8H20OSi.2C6H9N/c1-22-3-7-24(8-4-22)19-26-11-15-28(16-12-26)21-29-17-13-27(14-18-29)20-25-9-5-23(2)6-10-25;1-12-3-7-14(8-4-12)11-15-9-5-13(2)6-10-15;1-12-5-3-7-14(9-12)11-15-8-4-6-13(2)10-15;1-12-6-8-14(9-7-12)11-15-5-3-4-13(2)10-15;1-7-8(2)10(4)12(6)11(5)9(7)3;1-6-7(2)9-4-3-8(6)5-9;1-7-10(5,6)9-8(2,3)4;1-5-3-4-7-6(5)2;1-5-3-4-6(2)7-5/h3-18H,19-21H2,1-2H3;3*3-10H,11H2,1-2H3;1-6H3;6-9H,3-5H2,1-2H3;7H2,1-6H3;2*3-4,7H,1-2H3. The molecule has 0 aliphatic heterocycles. The van der Waals surface area contributed by atoms with Gasteiger partial charge >= 0.3 is 0 Å². The first kappa shape index (κ1) is 96.3. The van der Waals surface area contributed by atoms with E-state index < -0.39 is 8.32 Å². The lowest BCUT2D eigenvalue weighted by Crippen LogP contribution is -2.38. The zero-order valence-corrected chi connectivity index (χ0v) is 79.2. The highest BCUT2D eigenvalue weighted by atomic mass is 28.4. The summed E-state index contributed by atoms with van der Waals surface area (Å²) in [6.45, 7) is 56.5. The van der Waals surface area contributed by atoms with Crippen molar-refractivity contribution in [3.05, 3.63) is 434 Å². The molecule has 4 unspecified atom stereocenters. The molecule has 11 aromatic carbocycles. The van der Waals surface area contributed by atoms with Gasteiger partial charge in [0.25, 0.3) is 0 Å². The van der Waals surface area contributed by atoms with Crippen LogP contribution in [0.25, 0.3) is 0 Å². The molecule has 4 heteroatoms. The quantitative estimate of drug-likeness (QED) is 0.105. The van der Waals surface area contributed by atoms with Crippen LogP contribution in [0, 0.1) is 148 Å². The minimum atomic E-state index is -1.31. The summed E-state index contributed by atoms with van der Waals surface area (Å²) < 4.78 is 5.91. The molecule has 2 aromatic heterocycles. The smallest absolute Gasteiger partial charge is 0.187 e. The molecule has 2 aliphatic rings. The van der Waals surface area contributed by atoms with E-state index in [1.165, 1.54) is 186 Å². The molecule has 2 bridgehead atoms. The van der Waals surface area contributed by atoms with Crippen molar-refractivity contribution < 1.29 is 4.43 Å². The number of nitrogens with one attached hydrogen (secondary N) is 2. The monoisotopic (exact) mass is 1600 g/mol. The second kappa shape index (κ2) is 47.8. The highest BCUT2D eigenvalue weighted by Crippen LogP contribution is 2.51. The number of aromatic nitrogens is 2. The fraction of sp³-hybridized carbons (Fsp3) is 0.357. The van der Waals surface area contributed by atoms with Crippen molar-refractivity contribution in [2.24, 2.45) is 23.7 Å². The Morgan fingerprint density at radius 3 is 0.697 bits per heavy atom. The Morgan fingerprint density at radius 1 is 0.303 bits per heavy atom. The Balaban J connectivity index is 0.000000192. The number of rotatable bonds is 14. The molecule has 0 spiro atoms. The van der Waals surface area contributed by atoms with Crippen LogP contribution in [0.15, 0.2) is 267 Å². The molecule has 119 heavy (non-hydrogen) atoms. The lowest BCUT2D eigenvalue weighted by atomic mass is 9.82. The Bertz CT molecular complexity index is 4770. The molecule has 0 radical (unpaired) electrons. The Hall–Kier alpha value is -9.84. The lowest BCUT2D eigenvalue weighted by molar-refractivity contribution is 0.120. The molecule has 15 rings (SSSR count). The fourth-order valence-electron chi connectivity index (χ4n) is 15.6. The number of benzene rings is 11. The summed E-state index contributed by atoms with van der Waals surface area (Å²) in [4.78, 5) is 6.21. The second-order valence-electron chi connectivity index (χ2n) is 36.3. The van der Waals surface area contributed by atoms with E-state index in [9.17, 15) is 0 Å². The summed E-state index contributed by atoms with van der Waals surface area (Å²) in [7, 11) is -1.31. The van der Waals surface area contributed by atoms with Crippen LogP contribution >= 0.6 is 0 Å². The second-order valence-corrected chi connectivity index (χ2v) is 40.8. The summed E-state index contributed by atoms with van der Waals surface area (Å²) in [6, 6.07) is 95.5. The molecule has 4 atom stereocenters. The molecular weight excluding hydrogens is 1450 g/mol. The van der Waals surface area contributed by atoms with Gasteiger partial charge in [-0.3, -0.25) is 0 Å². The number of H-pyrrole nitrogens is 2. The van der Waals surface area contributed by atoms with Crippen LogP contribution in [0.3, 0.4) is 0 Å². The third-order valence-electron chi connectivity index (χ3n) is 24.2. The van der Waals surface area contributed by atoms with E-state index in [-0.39, 0.29) is 5.60 Å². The number of fused-ring (bicyclic) bond motifs is 2. The van der Waals surface area contributed by atoms with E-state index >= 15 is 0 Å². The van der Waals surface area contributed by atoms with Crippen molar-refractivity contribution in [3.8, 4) is 0 Å². The zero-order chi connectivity index (χ0) is 86.9. The van der Waals surface area contributed by atoms with Crippen molar-refractivity contribution in [3.63, 3.8) is 0 Å². The molecule has 2 saturated carbocycles. The summed E-state index contributed by atoms with van der Waals surface area (Å²) in [5, 5.41) is 0. The Labute approximate surface area is 724 Å². The highest BCUT2D eigenvalue weighted by molar-refractivity contribution is 6.71. The lowest BCUT2D eigenvalue weighted by Gasteiger charge is -2.31. The summed E-state index contributed by atoms with van der Waals surface area (Å²) in [5.41, 5.74) is 40.9. The maximum atomic E-state index is 5.91. The average molecular weight is 1600 g/mol. The van der Waals surface area contributed by atoms with Crippen LogP contribution in [0.5, 0.6) is 0 Å². The van der Waals surface area contributed by atoms with Crippen LogP contribution in [0.4, 0.5) is 0 Å². The molecular formula is C115H148N2OSi. The predicted molar refractivity (Wildman–Crippen MR) is 523 cm³/mol. The van der Waals surface area contributed by atoms with Gasteiger partial charge in [0.05, 0.1) is 0 Å². The minimum Gasteiger partial charge on any atom is -0.413 e. The predicted octanol–water partition coefficient (Wildman–Crippen LogP) is 31.3. The fourth-order valence-corrected chi connectivity index (χ4v) is 17.4. The summed E-state index contributed by atoms with van der Waals surface area (Å²) in [6.07, 6.45) is 12.6. The molecule has 3 nitrogen and oxygen atoms in total. The van der Waals surface area contributed by atoms with Gasteiger partial charge in [0.1, 0.15) is 0 Å². The maximum absolute atomic E-state index is 5.91. The first-order valence-electron chi connectivity index (χ1n) is 44.0. The van der Waals surface area contributed by atoms with Crippen molar-refractivity contribution in [1.29, 1.82) is 0 Å². The van der Waals surface area contributed by atoms with Crippen LogP contribution in [-0.4, -0.2) is 23.9 Å². The maximum Gasteiger partial charge on any atom is 0.187 e. The molecule has 2 N–H and O–H groups in total. The van der Waals surface area contributed by atoms with E-state index in [2.05, 4.69) is 436 Å². The Morgan fingerprint density at radius 2 is 0.538 bits per heavy atom. The topological polar surface area (TPSA) is 40.8 Å². The van der Waals surface area contributed by atoms with Gasteiger partial charge in [-0.05, 0) is 370 Å². The molecule has 2 fully saturated rings. The van der Waals surface area contributed by atoms with Crippen molar-refractivity contribution in [2.75, 3.05) is 0 Å². The van der Waals surface area contributed by atoms with Gasteiger partial charge in [-0.25, -0.2) is 0 Å². The average Bonchev–Trinajstić information content (AvgIpc) is 1.54. The SMILES string of the molecule is CC1C2CCC(C2)C1C.CC[Si](C)(C)OC(C)(C)C.Cc1c(C)c(C)c(C)c(C)c1C.Cc1cc[nH]c1C.Cc1ccc(C)[nH]1.Cc1ccc(Cc2ccc(C)cc2)cc1.Cc1ccc(Cc2ccc(Cc3ccc(Cc4ccc(C)cc4)cc3)cc2)cc1.Cc1ccc(Cc2cccc(C)c2)cc1.Cc1cccc(Cc2cccc(C)c2)c1. The number of hydrogen-bond donors (Lipinski definition) is 2. The van der Waals surface area contributed by atoms with Crippen LogP contribution in [0.1, 0.15) is 228 Å². The van der Waals surface area contributed by atoms with E-state index in [0.717, 1.165) is 62.2 Å². The van der Waals surface area contributed by atoms with Crippen LogP contribution in [-0.2, 0) is 43.0 Å². The summed E-state index contributed by atoms with van der Waals surface area (Å²) in [5.74, 6) is 4.32. The third kappa shape index (κ3) is 34.8. The van der Waals surface area contributed by atoms with Gasteiger partial charge in [-0.1, -0.05) is 308 Å². The number of aromatic amines is 2. The van der Waals surface area contributed by atoms with E-state index in [4.69, 9.17) is 4.43 Å². The molecule has 0 saturated heterocycles. The molecule has 0 amide bonds. The molecule has 628 valence electrons. The zero-order valence-electron chi connectivity index (χ0n) is 78.2. The molecule has 2 heterocycles. The van der Waals surface area contributed by atoms with Gasteiger partial charge in [-0.2, -0.15) is 0 Å². The number of aryl methyl sites for hydroxylation is 12. The normalized spacial score (nSPS) is 14.1.